The van der Waals surface area contributed by atoms with Gasteiger partial charge in [-0.25, -0.2) is 0 Å². The molecule has 2 aromatic rings. The smallest absolute Gasteiger partial charge is 0.270 e. The van der Waals surface area contributed by atoms with Gasteiger partial charge in [0, 0.05) is 35.4 Å². The van der Waals surface area contributed by atoms with Gasteiger partial charge in [0.15, 0.2) is 0 Å². The average molecular weight is 287 g/mol. The zero-order valence-electron chi connectivity index (χ0n) is 12.9. The standard InChI is InChI=1S/C16H21N3O2/c1-5-16(3,4)10-17-15-8-11(2)18-14-7-6-12(19(20)21)9-13(14)15/h6-9H,5,10H2,1-4H3,(H,17,18). The SMILES string of the molecule is CCC(C)(C)CNc1cc(C)nc2ccc([N+](=O)[O-])cc12. The fourth-order valence-corrected chi connectivity index (χ4v) is 2.07. The lowest BCUT2D eigenvalue weighted by Crippen LogP contribution is -2.22. The summed E-state index contributed by atoms with van der Waals surface area (Å²) in [6, 6.07) is 6.73. The zero-order chi connectivity index (χ0) is 15.6. The third-order valence-electron chi connectivity index (χ3n) is 3.85. The highest BCUT2D eigenvalue weighted by Gasteiger charge is 2.16. The van der Waals surface area contributed by atoms with Crippen molar-refractivity contribution < 1.29 is 4.92 Å². The molecule has 0 bridgehead atoms. The lowest BCUT2D eigenvalue weighted by atomic mass is 9.90. The number of pyridine rings is 1. The van der Waals surface area contributed by atoms with E-state index in [1.165, 1.54) is 6.07 Å². The predicted molar refractivity (Wildman–Crippen MR) is 85.7 cm³/mol. The molecule has 5 heteroatoms. The van der Waals surface area contributed by atoms with Crippen LogP contribution in [0.1, 0.15) is 32.9 Å². The zero-order valence-corrected chi connectivity index (χ0v) is 12.9. The second-order valence-electron chi connectivity index (χ2n) is 6.14. The second kappa shape index (κ2) is 5.68. The molecule has 112 valence electrons. The number of anilines is 1. The number of hydrogen-bond donors (Lipinski definition) is 1. The van der Waals surface area contributed by atoms with Crippen LogP contribution in [0.4, 0.5) is 11.4 Å². The number of fused-ring (bicyclic) bond motifs is 1. The van der Waals surface area contributed by atoms with E-state index in [1.54, 1.807) is 12.1 Å². The van der Waals surface area contributed by atoms with Crippen LogP contribution in [-0.2, 0) is 0 Å². The normalized spacial score (nSPS) is 11.6. The number of aryl methyl sites for hydroxylation is 1. The molecular weight excluding hydrogens is 266 g/mol. The summed E-state index contributed by atoms with van der Waals surface area (Å²) in [5.74, 6) is 0. The van der Waals surface area contributed by atoms with Crippen LogP contribution >= 0.6 is 0 Å². The van der Waals surface area contributed by atoms with E-state index in [-0.39, 0.29) is 16.0 Å². The largest absolute Gasteiger partial charge is 0.384 e. The molecule has 2 rings (SSSR count). The number of nitrogens with one attached hydrogen (secondary N) is 1. The van der Waals surface area contributed by atoms with Crippen LogP contribution in [0.25, 0.3) is 10.9 Å². The summed E-state index contributed by atoms with van der Waals surface area (Å²) in [6.45, 7) is 9.28. The summed E-state index contributed by atoms with van der Waals surface area (Å²) < 4.78 is 0. The van der Waals surface area contributed by atoms with E-state index in [0.717, 1.165) is 35.2 Å². The molecule has 1 aromatic heterocycles. The molecule has 0 radical (unpaired) electrons. The van der Waals surface area contributed by atoms with Crippen molar-refractivity contribution in [1.29, 1.82) is 0 Å². The quantitative estimate of drug-likeness (QED) is 0.657. The van der Waals surface area contributed by atoms with Crippen molar-refractivity contribution in [2.45, 2.75) is 34.1 Å². The monoisotopic (exact) mass is 287 g/mol. The van der Waals surface area contributed by atoms with E-state index in [9.17, 15) is 10.1 Å². The Hall–Kier alpha value is -2.17. The van der Waals surface area contributed by atoms with E-state index in [2.05, 4.69) is 31.1 Å². The van der Waals surface area contributed by atoms with E-state index in [0.29, 0.717) is 0 Å². The molecule has 0 saturated heterocycles. The Bertz CT molecular complexity index is 681. The lowest BCUT2D eigenvalue weighted by Gasteiger charge is -2.24. The van der Waals surface area contributed by atoms with Crippen LogP contribution in [0.2, 0.25) is 0 Å². The molecule has 1 N–H and O–H groups in total. The highest BCUT2D eigenvalue weighted by atomic mass is 16.6. The number of benzene rings is 1. The van der Waals surface area contributed by atoms with Crippen LogP contribution in [0.15, 0.2) is 24.3 Å². The van der Waals surface area contributed by atoms with Crippen molar-refractivity contribution >= 4 is 22.3 Å². The number of nitro benzene ring substituents is 1. The minimum atomic E-state index is -0.376. The van der Waals surface area contributed by atoms with Crippen LogP contribution in [0.3, 0.4) is 0 Å². The average Bonchev–Trinajstić information content (AvgIpc) is 2.44. The number of non-ortho nitro benzene ring substituents is 1. The van der Waals surface area contributed by atoms with Gasteiger partial charge in [-0.1, -0.05) is 20.8 Å². The summed E-state index contributed by atoms with van der Waals surface area (Å²) in [6.07, 6.45) is 1.06. The maximum Gasteiger partial charge on any atom is 0.270 e. The molecule has 5 nitrogen and oxygen atoms in total. The Labute approximate surface area is 124 Å². The number of rotatable bonds is 5. The predicted octanol–water partition coefficient (Wildman–Crippen LogP) is 4.30. The van der Waals surface area contributed by atoms with Gasteiger partial charge in [0.1, 0.15) is 0 Å². The minimum Gasteiger partial charge on any atom is -0.384 e. The molecule has 0 amide bonds. The Balaban J connectivity index is 2.45. The fourth-order valence-electron chi connectivity index (χ4n) is 2.07. The molecular formula is C16H21N3O2. The van der Waals surface area contributed by atoms with Gasteiger partial charge in [0.05, 0.1) is 10.4 Å². The molecule has 1 heterocycles. The first-order valence-corrected chi connectivity index (χ1v) is 7.12. The summed E-state index contributed by atoms with van der Waals surface area (Å²) in [7, 11) is 0. The van der Waals surface area contributed by atoms with Gasteiger partial charge in [-0.3, -0.25) is 15.1 Å². The molecule has 0 spiro atoms. The number of nitrogens with zero attached hydrogens (tertiary/aromatic N) is 2. The van der Waals surface area contributed by atoms with Gasteiger partial charge in [-0.15, -0.1) is 0 Å². The summed E-state index contributed by atoms with van der Waals surface area (Å²) in [5, 5.41) is 15.2. The molecule has 0 fully saturated rings. The molecule has 21 heavy (non-hydrogen) atoms. The van der Waals surface area contributed by atoms with E-state index < -0.39 is 0 Å². The van der Waals surface area contributed by atoms with Gasteiger partial charge < -0.3 is 5.32 Å². The summed E-state index contributed by atoms with van der Waals surface area (Å²) in [5.41, 5.74) is 2.84. The van der Waals surface area contributed by atoms with E-state index >= 15 is 0 Å². The molecule has 0 saturated carbocycles. The van der Waals surface area contributed by atoms with Crippen LogP contribution in [0.5, 0.6) is 0 Å². The van der Waals surface area contributed by atoms with Crippen molar-refractivity contribution in [2.24, 2.45) is 5.41 Å². The molecule has 0 unspecified atom stereocenters. The number of hydrogen-bond acceptors (Lipinski definition) is 4. The fraction of sp³-hybridized carbons (Fsp3) is 0.438. The van der Waals surface area contributed by atoms with Gasteiger partial charge in [0.25, 0.3) is 5.69 Å². The highest BCUT2D eigenvalue weighted by molar-refractivity contribution is 5.93. The van der Waals surface area contributed by atoms with Crippen LogP contribution < -0.4 is 5.32 Å². The Kier molecular flexibility index (Phi) is 4.11. The lowest BCUT2D eigenvalue weighted by molar-refractivity contribution is -0.384. The van der Waals surface area contributed by atoms with Gasteiger partial charge in [-0.05, 0) is 30.9 Å². The third kappa shape index (κ3) is 3.48. The topological polar surface area (TPSA) is 68.1 Å². The van der Waals surface area contributed by atoms with Crippen molar-refractivity contribution in [2.75, 3.05) is 11.9 Å². The third-order valence-corrected chi connectivity index (χ3v) is 3.85. The Morgan fingerprint density at radius 3 is 2.67 bits per heavy atom. The van der Waals surface area contributed by atoms with Crippen molar-refractivity contribution in [1.82, 2.24) is 4.98 Å². The molecule has 0 aliphatic heterocycles. The first kappa shape index (κ1) is 15.2. The highest BCUT2D eigenvalue weighted by Crippen LogP contribution is 2.29. The van der Waals surface area contributed by atoms with Crippen molar-refractivity contribution in [3.05, 3.63) is 40.1 Å². The second-order valence-corrected chi connectivity index (χ2v) is 6.14. The van der Waals surface area contributed by atoms with Crippen molar-refractivity contribution in [3.63, 3.8) is 0 Å². The van der Waals surface area contributed by atoms with Crippen LogP contribution in [0, 0.1) is 22.5 Å². The van der Waals surface area contributed by atoms with Crippen LogP contribution in [-0.4, -0.2) is 16.5 Å². The first-order chi connectivity index (χ1) is 9.82. The summed E-state index contributed by atoms with van der Waals surface area (Å²) >= 11 is 0. The van der Waals surface area contributed by atoms with E-state index in [1.807, 2.05) is 13.0 Å². The Morgan fingerprint density at radius 1 is 1.33 bits per heavy atom. The van der Waals surface area contributed by atoms with Gasteiger partial charge in [0.2, 0.25) is 0 Å². The molecule has 1 aromatic carbocycles. The maximum atomic E-state index is 11.0. The van der Waals surface area contributed by atoms with Gasteiger partial charge >= 0.3 is 0 Å². The van der Waals surface area contributed by atoms with E-state index in [4.69, 9.17) is 0 Å². The number of nitro groups is 1. The molecule has 0 atom stereocenters. The number of aromatic nitrogens is 1. The van der Waals surface area contributed by atoms with Crippen molar-refractivity contribution in [3.8, 4) is 0 Å². The maximum absolute atomic E-state index is 11.0. The Morgan fingerprint density at radius 2 is 2.05 bits per heavy atom. The van der Waals surface area contributed by atoms with Gasteiger partial charge in [-0.2, -0.15) is 0 Å². The molecule has 0 aliphatic carbocycles. The minimum absolute atomic E-state index is 0.0888. The summed E-state index contributed by atoms with van der Waals surface area (Å²) in [4.78, 5) is 15.0. The molecule has 0 aliphatic rings. The first-order valence-electron chi connectivity index (χ1n) is 7.12.